The average molecular weight is 187 g/mol. The molecule has 0 aliphatic heterocycles. The Bertz CT molecular complexity index is 199. The van der Waals surface area contributed by atoms with Crippen molar-refractivity contribution in [1.82, 2.24) is 0 Å². The summed E-state index contributed by atoms with van der Waals surface area (Å²) in [5.74, 6) is -1.20. The van der Waals surface area contributed by atoms with E-state index in [1.165, 1.54) is 6.92 Å². The Morgan fingerprint density at radius 1 is 1.46 bits per heavy atom. The van der Waals surface area contributed by atoms with Gasteiger partial charge in [-0.15, -0.1) is 0 Å². The van der Waals surface area contributed by atoms with Gasteiger partial charge in [0, 0.05) is 6.42 Å². The number of rotatable bonds is 6. The Morgan fingerprint density at radius 2 is 2.00 bits per heavy atom. The molecule has 0 aromatic heterocycles. The van der Waals surface area contributed by atoms with Crippen molar-refractivity contribution in [3.63, 3.8) is 0 Å². The lowest BCUT2D eigenvalue weighted by Gasteiger charge is -2.20. The lowest BCUT2D eigenvalue weighted by Crippen LogP contribution is -2.46. The smallest absolute Gasteiger partial charge is 0.305 e. The number of carbonyl (C=O) groups excluding carboxylic acids is 1. The van der Waals surface area contributed by atoms with Gasteiger partial charge in [-0.1, -0.05) is 13.3 Å². The van der Waals surface area contributed by atoms with Crippen molar-refractivity contribution < 1.29 is 14.7 Å². The fourth-order valence-corrected chi connectivity index (χ4v) is 1.04. The molecule has 1 unspecified atom stereocenters. The van der Waals surface area contributed by atoms with Crippen LogP contribution in [-0.4, -0.2) is 22.4 Å². The van der Waals surface area contributed by atoms with E-state index in [4.69, 9.17) is 10.8 Å². The van der Waals surface area contributed by atoms with Gasteiger partial charge < -0.3 is 10.8 Å². The van der Waals surface area contributed by atoms with Crippen LogP contribution in [0.5, 0.6) is 0 Å². The maximum atomic E-state index is 11.4. The Morgan fingerprint density at radius 3 is 2.38 bits per heavy atom. The zero-order valence-corrected chi connectivity index (χ0v) is 8.17. The van der Waals surface area contributed by atoms with Gasteiger partial charge in [0.05, 0.1) is 12.0 Å². The number of carbonyl (C=O) groups is 2. The number of carboxylic acid groups (broad SMARTS) is 1. The molecule has 76 valence electrons. The summed E-state index contributed by atoms with van der Waals surface area (Å²) in [5, 5.41) is 8.49. The van der Waals surface area contributed by atoms with Gasteiger partial charge in [0.25, 0.3) is 0 Å². The van der Waals surface area contributed by atoms with Crippen LogP contribution in [0.3, 0.4) is 0 Å². The number of aliphatic carboxylic acids is 1. The molecule has 0 fully saturated rings. The Labute approximate surface area is 78.1 Å². The molecule has 13 heavy (non-hydrogen) atoms. The third-order valence-corrected chi connectivity index (χ3v) is 1.91. The number of nitrogens with two attached hydrogens (primary N) is 1. The van der Waals surface area contributed by atoms with Gasteiger partial charge in [0.2, 0.25) is 0 Å². The minimum atomic E-state index is -1.21. The molecule has 0 aliphatic rings. The van der Waals surface area contributed by atoms with Gasteiger partial charge in [-0.05, 0) is 13.3 Å². The van der Waals surface area contributed by atoms with Crippen LogP contribution < -0.4 is 5.73 Å². The molecule has 0 heterocycles. The van der Waals surface area contributed by atoms with Crippen molar-refractivity contribution in [2.45, 2.75) is 45.1 Å². The summed E-state index contributed by atoms with van der Waals surface area (Å²) in [5.41, 5.74) is 4.36. The molecule has 0 aromatic carbocycles. The van der Waals surface area contributed by atoms with Crippen LogP contribution in [0.25, 0.3) is 0 Å². The molecule has 4 heteroatoms. The average Bonchev–Trinajstić information content (AvgIpc) is 1.97. The van der Waals surface area contributed by atoms with Crippen molar-refractivity contribution in [1.29, 1.82) is 0 Å². The van der Waals surface area contributed by atoms with E-state index in [9.17, 15) is 9.59 Å². The lowest BCUT2D eigenvalue weighted by molar-refractivity contribution is -0.141. The third-order valence-electron chi connectivity index (χ3n) is 1.91. The number of Topliss-reactive ketones (excluding diaryl/α,β-unsaturated/α-hetero) is 1. The van der Waals surface area contributed by atoms with Crippen LogP contribution in [0, 0.1) is 0 Å². The number of ketones is 1. The summed E-state index contributed by atoms with van der Waals surface area (Å²) in [7, 11) is 0. The zero-order chi connectivity index (χ0) is 10.5. The fraction of sp³-hybridized carbons (Fsp3) is 0.778. The van der Waals surface area contributed by atoms with Crippen LogP contribution in [0.15, 0.2) is 0 Å². The first-order valence-corrected chi connectivity index (χ1v) is 4.44. The van der Waals surface area contributed by atoms with Gasteiger partial charge >= 0.3 is 5.97 Å². The minimum Gasteiger partial charge on any atom is -0.481 e. The highest BCUT2D eigenvalue weighted by Crippen LogP contribution is 2.11. The van der Waals surface area contributed by atoms with Crippen LogP contribution in [0.2, 0.25) is 0 Å². The van der Waals surface area contributed by atoms with Crippen molar-refractivity contribution in [2.24, 2.45) is 5.73 Å². The topological polar surface area (TPSA) is 80.4 Å². The molecular weight excluding hydrogens is 170 g/mol. The van der Waals surface area contributed by atoms with Crippen molar-refractivity contribution >= 4 is 11.8 Å². The number of hydrogen-bond donors (Lipinski definition) is 2. The SMILES string of the molecule is CCCCC(=O)C(C)(N)CC(=O)O. The molecule has 0 radical (unpaired) electrons. The van der Waals surface area contributed by atoms with E-state index in [1.54, 1.807) is 0 Å². The maximum Gasteiger partial charge on any atom is 0.305 e. The lowest BCUT2D eigenvalue weighted by atomic mass is 9.91. The zero-order valence-electron chi connectivity index (χ0n) is 8.17. The van der Waals surface area contributed by atoms with Gasteiger partial charge in [-0.25, -0.2) is 0 Å². The Balaban J connectivity index is 4.10. The fourth-order valence-electron chi connectivity index (χ4n) is 1.04. The van der Waals surface area contributed by atoms with E-state index < -0.39 is 11.5 Å². The van der Waals surface area contributed by atoms with Gasteiger partial charge in [-0.3, -0.25) is 9.59 Å². The molecule has 0 aliphatic carbocycles. The summed E-state index contributed by atoms with van der Waals surface area (Å²) in [6.07, 6.45) is 1.76. The highest BCUT2D eigenvalue weighted by molar-refractivity contribution is 5.91. The summed E-state index contributed by atoms with van der Waals surface area (Å²) in [6.45, 7) is 3.44. The summed E-state index contributed by atoms with van der Waals surface area (Å²) < 4.78 is 0. The molecule has 0 bridgehead atoms. The van der Waals surface area contributed by atoms with E-state index in [1.807, 2.05) is 6.92 Å². The van der Waals surface area contributed by atoms with Gasteiger partial charge in [-0.2, -0.15) is 0 Å². The number of hydrogen-bond acceptors (Lipinski definition) is 3. The summed E-state index contributed by atoms with van der Waals surface area (Å²) in [6, 6.07) is 0. The number of unbranched alkanes of at least 4 members (excludes halogenated alkanes) is 1. The first kappa shape index (κ1) is 12.1. The molecule has 0 aromatic rings. The quantitative estimate of drug-likeness (QED) is 0.648. The summed E-state index contributed by atoms with van der Waals surface area (Å²) in [4.78, 5) is 21.7. The molecule has 0 saturated carbocycles. The molecular formula is C9H17NO3. The van der Waals surface area contributed by atoms with E-state index >= 15 is 0 Å². The van der Waals surface area contributed by atoms with Gasteiger partial charge in [0.1, 0.15) is 0 Å². The van der Waals surface area contributed by atoms with Gasteiger partial charge in [0.15, 0.2) is 5.78 Å². The van der Waals surface area contributed by atoms with Crippen molar-refractivity contribution in [2.75, 3.05) is 0 Å². The first-order valence-electron chi connectivity index (χ1n) is 4.44. The van der Waals surface area contributed by atoms with Crippen LogP contribution in [0.4, 0.5) is 0 Å². The van der Waals surface area contributed by atoms with Crippen molar-refractivity contribution in [3.05, 3.63) is 0 Å². The van der Waals surface area contributed by atoms with Crippen LogP contribution in [0.1, 0.15) is 39.5 Å². The standard InChI is InChI=1S/C9H17NO3/c1-3-4-5-7(11)9(2,10)6-8(12)13/h3-6,10H2,1-2H3,(H,12,13). The first-order chi connectivity index (χ1) is 5.90. The Kier molecular flexibility index (Phi) is 4.62. The highest BCUT2D eigenvalue weighted by Gasteiger charge is 2.29. The molecule has 1 atom stereocenters. The third kappa shape index (κ3) is 4.62. The number of carboxylic acids is 1. The second-order valence-electron chi connectivity index (χ2n) is 3.51. The van der Waals surface area contributed by atoms with E-state index in [0.717, 1.165) is 12.8 Å². The molecule has 0 spiro atoms. The molecule has 0 saturated heterocycles. The molecule has 0 amide bonds. The predicted octanol–water partition coefficient (Wildman–Crippen LogP) is 0.938. The summed E-state index contributed by atoms with van der Waals surface area (Å²) >= 11 is 0. The monoisotopic (exact) mass is 187 g/mol. The second kappa shape index (κ2) is 4.97. The predicted molar refractivity (Wildman–Crippen MR) is 49.4 cm³/mol. The molecule has 4 nitrogen and oxygen atoms in total. The second-order valence-corrected chi connectivity index (χ2v) is 3.51. The van der Waals surface area contributed by atoms with Crippen LogP contribution >= 0.6 is 0 Å². The van der Waals surface area contributed by atoms with Crippen molar-refractivity contribution in [3.8, 4) is 0 Å². The molecule has 0 rings (SSSR count). The van der Waals surface area contributed by atoms with E-state index in [-0.39, 0.29) is 12.2 Å². The van der Waals surface area contributed by atoms with E-state index in [2.05, 4.69) is 0 Å². The Hall–Kier alpha value is -0.900. The maximum absolute atomic E-state index is 11.4. The normalized spacial score (nSPS) is 15.0. The van der Waals surface area contributed by atoms with Crippen LogP contribution in [-0.2, 0) is 9.59 Å². The largest absolute Gasteiger partial charge is 0.481 e. The molecule has 3 N–H and O–H groups in total. The van der Waals surface area contributed by atoms with E-state index in [0.29, 0.717) is 6.42 Å². The minimum absolute atomic E-state index is 0.170. The highest BCUT2D eigenvalue weighted by atomic mass is 16.4.